The fourth-order valence-electron chi connectivity index (χ4n) is 3.52. The molecular weight excluding hydrogens is 240 g/mol. The number of hydrogen-bond donors (Lipinski definition) is 2. The van der Waals surface area contributed by atoms with Crippen molar-refractivity contribution in [2.24, 2.45) is 18.9 Å². The van der Waals surface area contributed by atoms with E-state index in [9.17, 15) is 4.79 Å². The van der Waals surface area contributed by atoms with Crippen molar-refractivity contribution >= 4 is 5.91 Å². The van der Waals surface area contributed by atoms with Gasteiger partial charge in [0.1, 0.15) is 0 Å². The van der Waals surface area contributed by atoms with E-state index in [1.165, 1.54) is 6.42 Å². The van der Waals surface area contributed by atoms with Crippen molar-refractivity contribution in [1.29, 1.82) is 0 Å². The summed E-state index contributed by atoms with van der Waals surface area (Å²) in [6.45, 7) is 4.16. The molecule has 3 atom stereocenters. The molecule has 1 amide bonds. The lowest BCUT2D eigenvalue weighted by Gasteiger charge is -2.31. The maximum atomic E-state index is 12.3. The van der Waals surface area contributed by atoms with Crippen molar-refractivity contribution in [3.63, 3.8) is 0 Å². The van der Waals surface area contributed by atoms with Crippen molar-refractivity contribution in [3.05, 3.63) is 17.5 Å². The summed E-state index contributed by atoms with van der Waals surface area (Å²) >= 11 is 0. The van der Waals surface area contributed by atoms with Gasteiger partial charge in [-0.3, -0.25) is 9.48 Å². The van der Waals surface area contributed by atoms with Gasteiger partial charge in [-0.2, -0.15) is 5.10 Å². The van der Waals surface area contributed by atoms with Crippen LogP contribution in [0.15, 0.2) is 6.20 Å². The number of nitrogens with one attached hydrogen (secondary N) is 2. The first-order valence-corrected chi connectivity index (χ1v) is 7.15. The van der Waals surface area contributed by atoms with Crippen LogP contribution in [0.25, 0.3) is 0 Å². The van der Waals surface area contributed by atoms with Crippen LogP contribution in [0.2, 0.25) is 0 Å². The Hall–Kier alpha value is -1.36. The van der Waals surface area contributed by atoms with E-state index in [1.807, 2.05) is 14.0 Å². The van der Waals surface area contributed by atoms with Crippen LogP contribution in [0, 0.1) is 18.8 Å². The van der Waals surface area contributed by atoms with Crippen LogP contribution in [-0.4, -0.2) is 34.8 Å². The van der Waals surface area contributed by atoms with Crippen LogP contribution in [0.3, 0.4) is 0 Å². The Morgan fingerprint density at radius 2 is 2.21 bits per heavy atom. The Balaban J connectivity index is 1.62. The minimum atomic E-state index is 0.0278. The largest absolute Gasteiger partial charge is 0.349 e. The molecule has 2 aliphatic rings. The zero-order valence-electron chi connectivity index (χ0n) is 11.6. The number of fused-ring (bicyclic) bond motifs is 1. The van der Waals surface area contributed by atoms with Crippen molar-refractivity contribution in [1.82, 2.24) is 20.4 Å². The van der Waals surface area contributed by atoms with Gasteiger partial charge in [-0.15, -0.1) is 0 Å². The topological polar surface area (TPSA) is 59.0 Å². The highest BCUT2D eigenvalue weighted by molar-refractivity contribution is 5.95. The van der Waals surface area contributed by atoms with E-state index in [0.29, 0.717) is 11.6 Å². The Kier molecular flexibility index (Phi) is 3.31. The predicted octanol–water partition coefficient (Wildman–Crippen LogP) is 0.846. The first-order chi connectivity index (χ1) is 9.13. The van der Waals surface area contributed by atoms with E-state index in [0.717, 1.165) is 43.5 Å². The third kappa shape index (κ3) is 2.52. The fourth-order valence-corrected chi connectivity index (χ4v) is 3.52. The molecule has 5 heteroatoms. The molecule has 5 nitrogen and oxygen atoms in total. The van der Waals surface area contributed by atoms with Crippen molar-refractivity contribution in [3.8, 4) is 0 Å². The maximum absolute atomic E-state index is 12.3. The minimum Gasteiger partial charge on any atom is -0.349 e. The Bertz CT molecular complexity index is 482. The zero-order chi connectivity index (χ0) is 13.4. The molecule has 1 aromatic rings. The van der Waals surface area contributed by atoms with Crippen molar-refractivity contribution < 1.29 is 4.79 Å². The van der Waals surface area contributed by atoms with Crippen LogP contribution < -0.4 is 10.6 Å². The van der Waals surface area contributed by atoms with E-state index in [-0.39, 0.29) is 5.91 Å². The van der Waals surface area contributed by atoms with Gasteiger partial charge in [-0.05, 0) is 51.1 Å². The fraction of sp³-hybridized carbons (Fsp3) is 0.714. The summed E-state index contributed by atoms with van der Waals surface area (Å²) in [7, 11) is 1.85. The van der Waals surface area contributed by atoms with E-state index in [1.54, 1.807) is 10.9 Å². The molecule has 1 aliphatic carbocycles. The average Bonchev–Trinajstić information content (AvgIpc) is 2.94. The smallest absolute Gasteiger partial charge is 0.254 e. The zero-order valence-corrected chi connectivity index (χ0v) is 11.6. The van der Waals surface area contributed by atoms with E-state index >= 15 is 0 Å². The number of carbonyl (C=O) groups is 1. The van der Waals surface area contributed by atoms with Gasteiger partial charge in [0, 0.05) is 19.3 Å². The van der Waals surface area contributed by atoms with Crippen molar-refractivity contribution in [2.75, 3.05) is 13.1 Å². The molecule has 0 radical (unpaired) electrons. The van der Waals surface area contributed by atoms with E-state index < -0.39 is 0 Å². The number of aromatic nitrogens is 2. The van der Waals surface area contributed by atoms with Crippen LogP contribution in [0.4, 0.5) is 0 Å². The number of aryl methyl sites for hydroxylation is 2. The molecule has 0 spiro atoms. The van der Waals surface area contributed by atoms with Crippen molar-refractivity contribution in [2.45, 2.75) is 32.2 Å². The standard InChI is InChI=1S/C14H22N4O/c1-9-13(8-18(2)17-9)14(19)16-12-4-3-10-6-15-7-11(10)5-12/h8,10-12,15H,3-7H2,1-2H3,(H,16,19)/t10-,11+,12?/m0/s1. The van der Waals surface area contributed by atoms with Gasteiger partial charge >= 0.3 is 0 Å². The molecule has 1 aliphatic heterocycles. The number of hydrogen-bond acceptors (Lipinski definition) is 3. The number of carbonyl (C=O) groups excluding carboxylic acids is 1. The summed E-state index contributed by atoms with van der Waals surface area (Å²) in [4.78, 5) is 12.3. The Labute approximate surface area is 113 Å². The van der Waals surface area contributed by atoms with Crippen LogP contribution in [0.5, 0.6) is 0 Å². The molecule has 2 fully saturated rings. The van der Waals surface area contributed by atoms with Gasteiger partial charge in [0.25, 0.3) is 5.91 Å². The number of rotatable bonds is 2. The normalized spacial score (nSPS) is 30.1. The lowest BCUT2D eigenvalue weighted by atomic mass is 9.79. The van der Waals surface area contributed by atoms with Gasteiger partial charge < -0.3 is 10.6 Å². The highest BCUT2D eigenvalue weighted by Gasteiger charge is 2.34. The SMILES string of the molecule is Cc1nn(C)cc1C(=O)NC1CC[C@H]2CNC[C@H]2C1. The number of amides is 1. The molecule has 2 heterocycles. The molecule has 3 rings (SSSR count). The highest BCUT2D eigenvalue weighted by atomic mass is 16.1. The molecule has 1 saturated carbocycles. The number of nitrogens with zero attached hydrogens (tertiary/aromatic N) is 2. The quantitative estimate of drug-likeness (QED) is 0.830. The molecule has 1 saturated heterocycles. The van der Waals surface area contributed by atoms with Gasteiger partial charge in [0.15, 0.2) is 0 Å². The highest BCUT2D eigenvalue weighted by Crippen LogP contribution is 2.32. The summed E-state index contributed by atoms with van der Waals surface area (Å²) < 4.78 is 1.70. The van der Waals surface area contributed by atoms with Crippen LogP contribution >= 0.6 is 0 Å². The van der Waals surface area contributed by atoms with Gasteiger partial charge in [-0.1, -0.05) is 0 Å². The third-order valence-electron chi connectivity index (χ3n) is 4.55. The summed E-state index contributed by atoms with van der Waals surface area (Å²) in [6.07, 6.45) is 5.25. The van der Waals surface area contributed by atoms with E-state index in [4.69, 9.17) is 0 Å². The van der Waals surface area contributed by atoms with Gasteiger partial charge in [0.2, 0.25) is 0 Å². The molecule has 2 N–H and O–H groups in total. The summed E-state index contributed by atoms with van der Waals surface area (Å²) in [5, 5.41) is 10.9. The lowest BCUT2D eigenvalue weighted by Crippen LogP contribution is -2.40. The molecular formula is C14H22N4O. The second-order valence-corrected chi connectivity index (χ2v) is 5.96. The summed E-state index contributed by atoms with van der Waals surface area (Å²) in [6, 6.07) is 0.327. The second-order valence-electron chi connectivity index (χ2n) is 5.96. The molecule has 104 valence electrons. The van der Waals surface area contributed by atoms with Gasteiger partial charge in [0.05, 0.1) is 11.3 Å². The molecule has 0 aromatic carbocycles. The second kappa shape index (κ2) is 4.96. The molecule has 19 heavy (non-hydrogen) atoms. The third-order valence-corrected chi connectivity index (χ3v) is 4.55. The monoisotopic (exact) mass is 262 g/mol. The Morgan fingerprint density at radius 1 is 1.42 bits per heavy atom. The van der Waals surface area contributed by atoms with Crippen LogP contribution in [0.1, 0.15) is 35.3 Å². The Morgan fingerprint density at radius 3 is 2.95 bits per heavy atom. The first-order valence-electron chi connectivity index (χ1n) is 7.15. The average molecular weight is 262 g/mol. The first kappa shape index (κ1) is 12.7. The molecule has 1 aromatic heterocycles. The van der Waals surface area contributed by atoms with Gasteiger partial charge in [-0.25, -0.2) is 0 Å². The van der Waals surface area contributed by atoms with E-state index in [2.05, 4.69) is 15.7 Å². The summed E-state index contributed by atoms with van der Waals surface area (Å²) in [5.41, 5.74) is 1.50. The van der Waals surface area contributed by atoms with Crippen LogP contribution in [-0.2, 0) is 7.05 Å². The summed E-state index contributed by atoms with van der Waals surface area (Å²) in [5.74, 6) is 1.60. The molecule has 1 unspecified atom stereocenters. The lowest BCUT2D eigenvalue weighted by molar-refractivity contribution is 0.0913. The molecule has 0 bridgehead atoms. The predicted molar refractivity (Wildman–Crippen MR) is 72.9 cm³/mol. The minimum absolute atomic E-state index is 0.0278. The maximum Gasteiger partial charge on any atom is 0.254 e.